The average molecular weight is 596 g/mol. The standard InChI is InChI=1S/C23H38N3O11PS/c1-13(2)36-20(30)14(3)25-38(33,34-9-10-39-21(31)23(4,5)6)35-12-16-15(11-27)18(29)19(37-16)26-8-7-17(28)24-22(26)32/h7-8,13-16,18-19,27,29H,9-12H2,1-6H3,(H,25,33)(H,24,28,32)/t14?,15-,16-,18-,19-,38?/m1/s1. The molecule has 1 aliphatic rings. The molecular weight excluding hydrogens is 557 g/mol. The number of esters is 1. The molecule has 2 rings (SSSR count). The summed E-state index contributed by atoms with van der Waals surface area (Å²) >= 11 is 0.997. The van der Waals surface area contributed by atoms with Crippen LogP contribution in [0.1, 0.15) is 47.8 Å². The number of hydrogen-bond acceptors (Lipinski definition) is 12. The molecule has 4 N–H and O–H groups in total. The first-order chi connectivity index (χ1) is 18.1. The van der Waals surface area contributed by atoms with Gasteiger partial charge < -0.3 is 19.7 Å². The molecule has 0 spiro atoms. The number of aliphatic hydroxyl groups is 2. The van der Waals surface area contributed by atoms with E-state index < -0.39 is 80.1 Å². The summed E-state index contributed by atoms with van der Waals surface area (Å²) in [5, 5.41) is 23.0. The van der Waals surface area contributed by atoms with E-state index in [0.29, 0.717) is 0 Å². The highest BCUT2D eigenvalue weighted by Crippen LogP contribution is 2.46. The molecule has 39 heavy (non-hydrogen) atoms. The lowest BCUT2D eigenvalue weighted by Gasteiger charge is -2.25. The summed E-state index contributed by atoms with van der Waals surface area (Å²) in [7, 11) is -4.23. The van der Waals surface area contributed by atoms with Gasteiger partial charge in [0, 0.05) is 29.3 Å². The molecule has 0 saturated carbocycles. The molecule has 0 bridgehead atoms. The maximum absolute atomic E-state index is 13.6. The number of aliphatic hydroxyl groups excluding tert-OH is 2. The summed E-state index contributed by atoms with van der Waals surface area (Å²) in [6.45, 7) is 8.81. The van der Waals surface area contributed by atoms with E-state index in [9.17, 15) is 34.0 Å². The van der Waals surface area contributed by atoms with Gasteiger partial charge in [-0.1, -0.05) is 32.5 Å². The van der Waals surface area contributed by atoms with E-state index in [1.807, 2.05) is 0 Å². The fourth-order valence-electron chi connectivity index (χ4n) is 3.45. The van der Waals surface area contributed by atoms with Crippen LogP contribution in [0.2, 0.25) is 0 Å². The van der Waals surface area contributed by atoms with Crippen molar-refractivity contribution >= 4 is 30.6 Å². The molecule has 1 aromatic heterocycles. The molecule has 1 aliphatic heterocycles. The predicted octanol–water partition coefficient (Wildman–Crippen LogP) is 0.780. The lowest BCUT2D eigenvalue weighted by molar-refractivity contribution is -0.149. The molecular formula is C23H38N3O11PS. The fraction of sp³-hybridized carbons (Fsp3) is 0.739. The zero-order valence-electron chi connectivity index (χ0n) is 22.8. The first-order valence-corrected chi connectivity index (χ1v) is 14.9. The van der Waals surface area contributed by atoms with E-state index in [4.69, 9.17) is 18.5 Å². The number of H-pyrrole nitrogens is 1. The van der Waals surface area contributed by atoms with Crippen LogP contribution in [0.4, 0.5) is 0 Å². The minimum absolute atomic E-state index is 0.0913. The number of carbonyl (C=O) groups excluding carboxylic acids is 2. The maximum atomic E-state index is 13.6. The number of thioether (sulfide) groups is 1. The van der Waals surface area contributed by atoms with E-state index in [0.717, 1.165) is 28.6 Å². The second kappa shape index (κ2) is 14.2. The highest BCUT2D eigenvalue weighted by atomic mass is 32.2. The minimum Gasteiger partial charge on any atom is -0.462 e. The minimum atomic E-state index is -4.23. The highest BCUT2D eigenvalue weighted by molar-refractivity contribution is 8.13. The molecule has 16 heteroatoms. The van der Waals surface area contributed by atoms with E-state index >= 15 is 0 Å². The smallest absolute Gasteiger partial charge is 0.406 e. The molecule has 6 atom stereocenters. The Labute approximate surface area is 230 Å². The van der Waals surface area contributed by atoms with Crippen LogP contribution in [0, 0.1) is 11.3 Å². The number of aromatic amines is 1. The van der Waals surface area contributed by atoms with Gasteiger partial charge >= 0.3 is 19.4 Å². The van der Waals surface area contributed by atoms with E-state index in [1.54, 1.807) is 34.6 Å². The number of nitrogens with zero attached hydrogens (tertiary/aromatic N) is 1. The molecule has 2 heterocycles. The Morgan fingerprint density at radius 3 is 2.49 bits per heavy atom. The SMILES string of the molecule is CC(C)OC(=O)C(C)NP(=O)(OCCSC(=O)C(C)(C)C)OC[C@H]1O[C@@H](n2ccc(=O)[nH]c2=O)[C@H](O)[C@@H]1CO. The van der Waals surface area contributed by atoms with Gasteiger partial charge in [-0.25, -0.2) is 14.4 Å². The van der Waals surface area contributed by atoms with Crippen molar-refractivity contribution in [2.45, 2.75) is 72.1 Å². The van der Waals surface area contributed by atoms with Crippen molar-refractivity contribution in [2.24, 2.45) is 11.3 Å². The molecule has 0 amide bonds. The topological polar surface area (TPSA) is 195 Å². The lowest BCUT2D eigenvalue weighted by Crippen LogP contribution is -2.37. The molecule has 1 fully saturated rings. The van der Waals surface area contributed by atoms with Gasteiger partial charge in [0.2, 0.25) is 0 Å². The van der Waals surface area contributed by atoms with Crippen molar-refractivity contribution in [3.63, 3.8) is 0 Å². The van der Waals surface area contributed by atoms with Crippen molar-refractivity contribution in [3.05, 3.63) is 33.1 Å². The zero-order chi connectivity index (χ0) is 29.5. The van der Waals surface area contributed by atoms with Crippen LogP contribution in [0.5, 0.6) is 0 Å². The van der Waals surface area contributed by atoms with E-state index in [2.05, 4.69) is 10.1 Å². The summed E-state index contributed by atoms with van der Waals surface area (Å²) in [6, 6.07) is -0.0281. The summed E-state index contributed by atoms with van der Waals surface area (Å²) in [4.78, 5) is 50.1. The summed E-state index contributed by atoms with van der Waals surface area (Å²) < 4.78 is 36.5. The Balaban J connectivity index is 2.15. The molecule has 2 unspecified atom stereocenters. The molecule has 222 valence electrons. The average Bonchev–Trinajstić information content (AvgIpc) is 3.14. The summed E-state index contributed by atoms with van der Waals surface area (Å²) in [5.41, 5.74) is -2.05. The Bertz CT molecular complexity index is 1150. The molecule has 14 nitrogen and oxygen atoms in total. The van der Waals surface area contributed by atoms with Gasteiger partial charge in [-0.05, 0) is 20.8 Å². The third kappa shape index (κ3) is 9.64. The number of rotatable bonds is 13. The van der Waals surface area contributed by atoms with Crippen molar-refractivity contribution in [1.29, 1.82) is 0 Å². The maximum Gasteiger partial charge on any atom is 0.406 e. The molecule has 1 aromatic rings. The van der Waals surface area contributed by atoms with Gasteiger partial charge in [0.05, 0.1) is 32.0 Å². The number of ether oxygens (including phenoxy) is 2. The van der Waals surface area contributed by atoms with Crippen LogP contribution >= 0.6 is 19.5 Å². The Hall–Kier alpha value is -1.84. The summed E-state index contributed by atoms with van der Waals surface area (Å²) in [5.74, 6) is -1.50. The van der Waals surface area contributed by atoms with Crippen LogP contribution in [-0.4, -0.2) is 80.8 Å². The van der Waals surface area contributed by atoms with Gasteiger partial charge in [-0.3, -0.25) is 33.0 Å². The number of nitrogens with one attached hydrogen (secondary N) is 2. The molecule has 0 aliphatic carbocycles. The van der Waals surface area contributed by atoms with Crippen LogP contribution in [0.15, 0.2) is 21.9 Å². The largest absolute Gasteiger partial charge is 0.462 e. The predicted molar refractivity (Wildman–Crippen MR) is 142 cm³/mol. The normalized spacial score (nSPS) is 23.9. The Morgan fingerprint density at radius 1 is 1.26 bits per heavy atom. The number of aromatic nitrogens is 2. The van der Waals surface area contributed by atoms with Gasteiger partial charge in [0.25, 0.3) is 5.56 Å². The second-order valence-corrected chi connectivity index (χ2v) is 13.1. The fourth-order valence-corrected chi connectivity index (χ4v) is 5.84. The number of hydrogen-bond donors (Lipinski definition) is 4. The molecule has 0 aromatic carbocycles. The quantitative estimate of drug-likeness (QED) is 0.142. The van der Waals surface area contributed by atoms with Gasteiger partial charge in [-0.2, -0.15) is 0 Å². The first kappa shape index (κ1) is 33.4. The van der Waals surface area contributed by atoms with E-state index in [1.165, 1.54) is 6.92 Å². The Morgan fingerprint density at radius 2 is 1.92 bits per heavy atom. The van der Waals surface area contributed by atoms with Crippen LogP contribution in [0.25, 0.3) is 0 Å². The first-order valence-electron chi connectivity index (χ1n) is 12.4. The molecule has 0 radical (unpaired) electrons. The van der Waals surface area contributed by atoms with Gasteiger partial charge in [0.1, 0.15) is 12.1 Å². The third-order valence-electron chi connectivity index (χ3n) is 5.51. The van der Waals surface area contributed by atoms with Crippen molar-refractivity contribution in [2.75, 3.05) is 25.6 Å². The van der Waals surface area contributed by atoms with E-state index in [-0.39, 0.29) is 17.5 Å². The zero-order valence-corrected chi connectivity index (χ0v) is 24.5. The van der Waals surface area contributed by atoms with Gasteiger partial charge in [-0.15, -0.1) is 0 Å². The second-order valence-electron chi connectivity index (χ2n) is 10.3. The highest BCUT2D eigenvalue weighted by Gasteiger charge is 2.46. The van der Waals surface area contributed by atoms with Gasteiger partial charge in [0.15, 0.2) is 11.3 Å². The molecule has 1 saturated heterocycles. The van der Waals surface area contributed by atoms with Crippen LogP contribution in [-0.2, 0) is 32.7 Å². The van der Waals surface area contributed by atoms with Crippen LogP contribution < -0.4 is 16.3 Å². The van der Waals surface area contributed by atoms with Crippen molar-refractivity contribution < 1.29 is 42.9 Å². The van der Waals surface area contributed by atoms with Crippen LogP contribution in [0.3, 0.4) is 0 Å². The van der Waals surface area contributed by atoms with Crippen molar-refractivity contribution in [3.8, 4) is 0 Å². The Kier molecular flexibility index (Phi) is 12.1. The third-order valence-corrected chi connectivity index (χ3v) is 8.48. The summed E-state index contributed by atoms with van der Waals surface area (Å²) in [6.07, 6.45) is -2.98. The monoisotopic (exact) mass is 595 g/mol. The number of carbonyl (C=O) groups is 2. The van der Waals surface area contributed by atoms with Crippen molar-refractivity contribution in [1.82, 2.24) is 14.6 Å². The lowest BCUT2D eigenvalue weighted by atomic mass is 9.99.